The minimum absolute atomic E-state index is 0.0361. The lowest BCUT2D eigenvalue weighted by atomic mass is 9.89. The molecule has 0 spiro atoms. The van der Waals surface area contributed by atoms with Crippen molar-refractivity contribution in [1.29, 1.82) is 0 Å². The van der Waals surface area contributed by atoms with Crippen LogP contribution in [0.15, 0.2) is 12.1 Å². The second-order valence-corrected chi connectivity index (χ2v) is 6.65. The Kier molecular flexibility index (Phi) is 5.17. The smallest absolute Gasteiger partial charge is 0.251 e. The summed E-state index contributed by atoms with van der Waals surface area (Å²) in [4.78, 5) is 12.1. The predicted molar refractivity (Wildman–Crippen MR) is 82.7 cm³/mol. The summed E-state index contributed by atoms with van der Waals surface area (Å²) in [5.41, 5.74) is 8.90. The summed E-state index contributed by atoms with van der Waals surface area (Å²) in [5.74, 6) is -0.192. The third-order valence-electron chi connectivity index (χ3n) is 3.20. The Bertz CT molecular complexity index is 490. The molecule has 0 aliphatic carbocycles. The average molecular weight is 278 g/mol. The van der Waals surface area contributed by atoms with Gasteiger partial charge in [-0.25, -0.2) is 0 Å². The van der Waals surface area contributed by atoms with Crippen molar-refractivity contribution >= 4 is 11.6 Å². The molecule has 4 heteroatoms. The van der Waals surface area contributed by atoms with Gasteiger partial charge in [-0.1, -0.05) is 26.8 Å². The summed E-state index contributed by atoms with van der Waals surface area (Å²) in [6.07, 6.45) is 0.101. The molecular formula is C16H26N2O2. The normalized spacial score (nSPS) is 13.1. The van der Waals surface area contributed by atoms with E-state index in [9.17, 15) is 9.90 Å². The quantitative estimate of drug-likeness (QED) is 0.740. The van der Waals surface area contributed by atoms with Crippen molar-refractivity contribution in [2.24, 2.45) is 5.41 Å². The van der Waals surface area contributed by atoms with Gasteiger partial charge in [0.15, 0.2) is 0 Å². The molecule has 0 aliphatic rings. The van der Waals surface area contributed by atoms with Gasteiger partial charge >= 0.3 is 0 Å². The summed E-state index contributed by atoms with van der Waals surface area (Å²) in [6.45, 7) is 10.2. The number of carbonyl (C=O) groups is 1. The number of aryl methyl sites for hydroxylation is 2. The van der Waals surface area contributed by atoms with Crippen LogP contribution >= 0.6 is 0 Å². The number of hydrogen-bond donors (Lipinski definition) is 3. The van der Waals surface area contributed by atoms with Crippen molar-refractivity contribution < 1.29 is 9.90 Å². The van der Waals surface area contributed by atoms with Gasteiger partial charge < -0.3 is 16.2 Å². The van der Waals surface area contributed by atoms with E-state index in [4.69, 9.17) is 5.73 Å². The van der Waals surface area contributed by atoms with Crippen molar-refractivity contribution in [2.45, 2.75) is 47.1 Å². The number of anilines is 1. The van der Waals surface area contributed by atoms with E-state index in [1.54, 1.807) is 6.07 Å². The minimum atomic E-state index is -0.540. The number of carbonyl (C=O) groups excluding carboxylic acids is 1. The first-order chi connectivity index (χ1) is 9.10. The van der Waals surface area contributed by atoms with Crippen molar-refractivity contribution in [3.8, 4) is 0 Å². The minimum Gasteiger partial charge on any atom is -0.398 e. The summed E-state index contributed by atoms with van der Waals surface area (Å²) < 4.78 is 0. The third kappa shape index (κ3) is 4.85. The fourth-order valence-corrected chi connectivity index (χ4v) is 2.20. The van der Waals surface area contributed by atoms with E-state index in [-0.39, 0.29) is 17.9 Å². The first-order valence-corrected chi connectivity index (χ1v) is 6.93. The van der Waals surface area contributed by atoms with Gasteiger partial charge in [-0.15, -0.1) is 0 Å². The Morgan fingerprint density at radius 3 is 2.45 bits per heavy atom. The molecule has 112 valence electrons. The Morgan fingerprint density at radius 2 is 1.90 bits per heavy atom. The zero-order valence-electron chi connectivity index (χ0n) is 13.1. The summed E-state index contributed by atoms with van der Waals surface area (Å²) in [6, 6.07) is 3.59. The number of aliphatic hydroxyl groups excluding tert-OH is 1. The van der Waals surface area contributed by atoms with Crippen LogP contribution in [0.5, 0.6) is 0 Å². The molecule has 1 amide bonds. The van der Waals surface area contributed by atoms with Crippen molar-refractivity contribution in [3.05, 3.63) is 28.8 Å². The summed E-state index contributed by atoms with van der Waals surface area (Å²) >= 11 is 0. The molecule has 1 unspecified atom stereocenters. The van der Waals surface area contributed by atoms with Gasteiger partial charge in [-0.3, -0.25) is 4.79 Å². The number of hydrogen-bond acceptors (Lipinski definition) is 3. The lowest BCUT2D eigenvalue weighted by Crippen LogP contribution is -2.34. The number of aliphatic hydroxyl groups is 1. The lowest BCUT2D eigenvalue weighted by Gasteiger charge is -2.22. The SMILES string of the molecule is Cc1cc(C)c(C(=O)NCC(O)CC(C)(C)C)cc1N. The van der Waals surface area contributed by atoms with E-state index < -0.39 is 6.10 Å². The van der Waals surface area contributed by atoms with E-state index in [1.165, 1.54) is 0 Å². The molecule has 0 aliphatic heterocycles. The molecule has 4 N–H and O–H groups in total. The Hall–Kier alpha value is -1.55. The first-order valence-electron chi connectivity index (χ1n) is 6.93. The maximum atomic E-state index is 12.1. The molecule has 0 saturated carbocycles. The van der Waals surface area contributed by atoms with Gasteiger partial charge in [-0.05, 0) is 42.9 Å². The average Bonchev–Trinajstić information content (AvgIpc) is 2.28. The fourth-order valence-electron chi connectivity index (χ4n) is 2.20. The number of nitrogen functional groups attached to an aromatic ring is 1. The van der Waals surface area contributed by atoms with Crippen LogP contribution in [0.1, 0.15) is 48.7 Å². The van der Waals surface area contributed by atoms with Crippen LogP contribution in [0, 0.1) is 19.3 Å². The fraction of sp³-hybridized carbons (Fsp3) is 0.562. The Morgan fingerprint density at radius 1 is 1.30 bits per heavy atom. The van der Waals surface area contributed by atoms with Crippen LogP contribution in [0.3, 0.4) is 0 Å². The maximum Gasteiger partial charge on any atom is 0.251 e. The monoisotopic (exact) mass is 278 g/mol. The number of rotatable bonds is 4. The number of nitrogens with one attached hydrogen (secondary N) is 1. The molecule has 0 fully saturated rings. The molecular weight excluding hydrogens is 252 g/mol. The van der Waals surface area contributed by atoms with E-state index >= 15 is 0 Å². The van der Waals surface area contributed by atoms with E-state index in [0.29, 0.717) is 17.7 Å². The summed E-state index contributed by atoms with van der Waals surface area (Å²) in [5, 5.41) is 12.7. The zero-order chi connectivity index (χ0) is 15.5. The highest BCUT2D eigenvalue weighted by Gasteiger charge is 2.18. The molecule has 0 bridgehead atoms. The van der Waals surface area contributed by atoms with Gasteiger partial charge in [0.2, 0.25) is 0 Å². The Labute approximate surface area is 121 Å². The standard InChI is InChI=1S/C16H26N2O2/c1-10-6-11(2)14(17)7-13(10)15(20)18-9-12(19)8-16(3,4)5/h6-7,12,19H,8-9,17H2,1-5H3,(H,18,20). The molecule has 0 aromatic heterocycles. The molecule has 0 saturated heterocycles. The van der Waals surface area contributed by atoms with Gasteiger partial charge in [0.1, 0.15) is 0 Å². The van der Waals surface area contributed by atoms with Crippen LogP contribution in [0.2, 0.25) is 0 Å². The highest BCUT2D eigenvalue weighted by atomic mass is 16.3. The number of benzene rings is 1. The highest BCUT2D eigenvalue weighted by molar-refractivity contribution is 5.96. The van der Waals surface area contributed by atoms with Gasteiger partial charge in [0, 0.05) is 17.8 Å². The van der Waals surface area contributed by atoms with Crippen molar-refractivity contribution in [1.82, 2.24) is 5.32 Å². The molecule has 20 heavy (non-hydrogen) atoms. The van der Waals surface area contributed by atoms with E-state index in [0.717, 1.165) is 11.1 Å². The second-order valence-electron chi connectivity index (χ2n) is 6.65. The molecule has 1 rings (SSSR count). The lowest BCUT2D eigenvalue weighted by molar-refractivity contribution is 0.0868. The topological polar surface area (TPSA) is 75.3 Å². The Balaban J connectivity index is 2.66. The molecule has 0 radical (unpaired) electrons. The summed E-state index contributed by atoms with van der Waals surface area (Å²) in [7, 11) is 0. The molecule has 1 atom stereocenters. The largest absolute Gasteiger partial charge is 0.398 e. The van der Waals surface area contributed by atoms with Crippen LogP contribution in [-0.2, 0) is 0 Å². The van der Waals surface area contributed by atoms with Crippen LogP contribution in [0.4, 0.5) is 5.69 Å². The highest BCUT2D eigenvalue weighted by Crippen LogP contribution is 2.21. The predicted octanol–water partition coefficient (Wildman–Crippen LogP) is 2.41. The second kappa shape index (κ2) is 6.27. The maximum absolute atomic E-state index is 12.1. The van der Waals surface area contributed by atoms with E-state index in [2.05, 4.69) is 26.1 Å². The van der Waals surface area contributed by atoms with Crippen molar-refractivity contribution in [2.75, 3.05) is 12.3 Å². The molecule has 4 nitrogen and oxygen atoms in total. The van der Waals surface area contributed by atoms with Gasteiger partial charge in [0.25, 0.3) is 5.91 Å². The third-order valence-corrected chi connectivity index (χ3v) is 3.20. The molecule has 1 aromatic carbocycles. The van der Waals surface area contributed by atoms with Gasteiger partial charge in [0.05, 0.1) is 6.10 Å². The van der Waals surface area contributed by atoms with Crippen LogP contribution in [0.25, 0.3) is 0 Å². The zero-order valence-corrected chi connectivity index (χ0v) is 13.1. The van der Waals surface area contributed by atoms with Crippen molar-refractivity contribution in [3.63, 3.8) is 0 Å². The van der Waals surface area contributed by atoms with Gasteiger partial charge in [-0.2, -0.15) is 0 Å². The van der Waals surface area contributed by atoms with E-state index in [1.807, 2.05) is 19.9 Å². The first kappa shape index (κ1) is 16.5. The molecule has 0 heterocycles. The van der Waals surface area contributed by atoms with Crippen LogP contribution < -0.4 is 11.1 Å². The number of amides is 1. The van der Waals surface area contributed by atoms with Crippen LogP contribution in [-0.4, -0.2) is 23.7 Å². The molecule has 1 aromatic rings. The number of nitrogens with two attached hydrogens (primary N) is 1.